The van der Waals surface area contributed by atoms with E-state index in [0.717, 1.165) is 0 Å². The highest BCUT2D eigenvalue weighted by molar-refractivity contribution is 7.75. The van der Waals surface area contributed by atoms with Crippen molar-refractivity contribution >= 4 is 35.5 Å². The van der Waals surface area contributed by atoms with E-state index in [4.69, 9.17) is 0 Å². The first kappa shape index (κ1) is 9.91. The minimum absolute atomic E-state index is 1.20. The summed E-state index contributed by atoms with van der Waals surface area (Å²) in [7, 11) is -2.88. The summed E-state index contributed by atoms with van der Waals surface area (Å²) in [6.07, 6.45) is -1.20. The van der Waals surface area contributed by atoms with Crippen LogP contribution < -0.4 is 5.32 Å². The number of hydrogen-bond donors (Lipinski definition) is 2. The Morgan fingerprint density at radius 2 is 2.00 bits per heavy atom. The minimum atomic E-state index is -2.88. The second-order valence-corrected chi connectivity index (χ2v) is 1.92. The zero-order chi connectivity index (χ0) is 8.85. The second-order valence-electron chi connectivity index (χ2n) is 1.12. The maximum Gasteiger partial charge on any atom is 0.427 e. The molecule has 0 atom stereocenters. The lowest BCUT2D eigenvalue weighted by Gasteiger charge is -1.92. The molecule has 0 heterocycles. The molecule has 0 saturated heterocycles. The molecule has 0 aliphatic heterocycles. The van der Waals surface area contributed by atoms with Crippen molar-refractivity contribution in [2.24, 2.45) is 4.36 Å². The molecule has 0 radical (unpaired) electrons. The van der Waals surface area contributed by atoms with Gasteiger partial charge in [0.15, 0.2) is 0 Å². The molecule has 0 fully saturated rings. The van der Waals surface area contributed by atoms with Crippen molar-refractivity contribution in [2.75, 3.05) is 0 Å². The third-order valence-electron chi connectivity index (χ3n) is 0.449. The zero-order valence-corrected chi connectivity index (χ0v) is 6.55. The molecule has 0 unspecified atom stereocenters. The molecule has 0 bridgehead atoms. The number of thiol groups is 1. The van der Waals surface area contributed by atoms with Crippen LogP contribution in [-0.2, 0) is 14.7 Å². The van der Waals surface area contributed by atoms with Crippen LogP contribution in [0.2, 0.25) is 0 Å². The molecule has 0 spiro atoms. The van der Waals surface area contributed by atoms with E-state index in [2.05, 4.69) is 21.5 Å². The van der Waals surface area contributed by atoms with E-state index in [1.165, 1.54) is 5.32 Å². The third kappa shape index (κ3) is 5.36. The lowest BCUT2D eigenvalue weighted by molar-refractivity contribution is 0.207. The van der Waals surface area contributed by atoms with Crippen LogP contribution in [0, 0.1) is 0 Å². The Hall–Kier alpha value is -1.09. The number of hydrogen-bond acceptors (Lipinski definition) is 6. The molecule has 1 N–H and O–H groups in total. The Kier molecular flexibility index (Phi) is 4.22. The summed E-state index contributed by atoms with van der Waals surface area (Å²) in [4.78, 5) is 20.3. The van der Waals surface area contributed by atoms with Crippen LogP contribution in [0.3, 0.4) is 0 Å². The van der Waals surface area contributed by atoms with Gasteiger partial charge in [-0.25, -0.2) is 14.9 Å². The number of carbonyl (C=O) groups is 2. The highest BCUT2D eigenvalue weighted by Gasteiger charge is 2.05. The molecular formula is C2H2N2O5S2. The van der Waals surface area contributed by atoms with Crippen LogP contribution in [0.15, 0.2) is 4.36 Å². The van der Waals surface area contributed by atoms with Gasteiger partial charge >= 0.3 is 22.6 Å². The highest BCUT2D eigenvalue weighted by atomic mass is 32.2. The van der Waals surface area contributed by atoms with Crippen LogP contribution in [0.1, 0.15) is 0 Å². The van der Waals surface area contributed by atoms with Crippen molar-refractivity contribution in [3.8, 4) is 0 Å². The summed E-state index contributed by atoms with van der Waals surface area (Å²) in [5.74, 6) is 0. The standard InChI is InChI=1S/C2H2N2O5S2/c5-1(4-11(7)8)3-2(6)9-10/h10H,(H,3,5,6). The van der Waals surface area contributed by atoms with Gasteiger partial charge in [0, 0.05) is 12.9 Å². The molecule has 7 nitrogen and oxygen atoms in total. The van der Waals surface area contributed by atoms with Crippen LogP contribution in [0.4, 0.5) is 9.59 Å². The van der Waals surface area contributed by atoms with Crippen molar-refractivity contribution in [3.05, 3.63) is 0 Å². The minimum Gasteiger partial charge on any atom is -0.378 e. The molecule has 0 aromatic heterocycles. The largest absolute Gasteiger partial charge is 0.427 e. The maximum absolute atomic E-state index is 10.2. The van der Waals surface area contributed by atoms with E-state index in [9.17, 15) is 18.0 Å². The van der Waals surface area contributed by atoms with E-state index >= 15 is 0 Å². The summed E-state index contributed by atoms with van der Waals surface area (Å²) in [5, 5.41) is 1.42. The van der Waals surface area contributed by atoms with Crippen LogP contribution in [0.5, 0.6) is 0 Å². The first-order valence-electron chi connectivity index (χ1n) is 2.03. The Morgan fingerprint density at radius 3 is 2.36 bits per heavy atom. The number of carbonyl (C=O) groups excluding carboxylic acids is 2. The Bertz CT molecular complexity index is 284. The topological polar surface area (TPSA) is 102 Å². The molecule has 62 valence electrons. The van der Waals surface area contributed by atoms with Crippen molar-refractivity contribution in [2.45, 2.75) is 0 Å². The maximum atomic E-state index is 10.2. The molecule has 11 heavy (non-hydrogen) atoms. The van der Waals surface area contributed by atoms with Gasteiger partial charge in [0.25, 0.3) is 0 Å². The number of rotatable bonds is 0. The van der Waals surface area contributed by atoms with Gasteiger partial charge in [0.05, 0.1) is 0 Å². The number of nitrogens with one attached hydrogen (secondary N) is 1. The Morgan fingerprint density at radius 1 is 1.45 bits per heavy atom. The summed E-state index contributed by atoms with van der Waals surface area (Å²) in [5.41, 5.74) is 0. The van der Waals surface area contributed by atoms with Gasteiger partial charge in [0.1, 0.15) is 0 Å². The molecule has 0 aliphatic rings. The van der Waals surface area contributed by atoms with E-state index in [1.807, 2.05) is 0 Å². The normalized spacial score (nSPS) is 8.09. The fraction of sp³-hybridized carbons (Fsp3) is 0. The van der Waals surface area contributed by atoms with E-state index < -0.39 is 22.6 Å². The third-order valence-corrected chi connectivity index (χ3v) is 0.930. The highest BCUT2D eigenvalue weighted by Crippen LogP contribution is 1.81. The van der Waals surface area contributed by atoms with Gasteiger partial charge in [-0.3, -0.25) is 0 Å². The van der Waals surface area contributed by atoms with E-state index in [-0.39, 0.29) is 0 Å². The second kappa shape index (κ2) is 4.68. The summed E-state index contributed by atoms with van der Waals surface area (Å²) in [6.45, 7) is 0. The first-order chi connectivity index (χ1) is 5.06. The van der Waals surface area contributed by atoms with Gasteiger partial charge in [-0.05, 0) is 0 Å². The van der Waals surface area contributed by atoms with Gasteiger partial charge in [-0.2, -0.15) is 8.42 Å². The predicted octanol–water partition coefficient (Wildman–Crippen LogP) is -0.260. The SMILES string of the molecule is O=C(N=S(=O)=O)NC(=O)OS. The van der Waals surface area contributed by atoms with Gasteiger partial charge < -0.3 is 4.18 Å². The molecule has 0 rings (SSSR count). The smallest absolute Gasteiger partial charge is 0.378 e. The van der Waals surface area contributed by atoms with Crippen LogP contribution in [-0.4, -0.2) is 20.5 Å². The summed E-state index contributed by atoms with van der Waals surface area (Å²) >= 11 is 3.02. The molecular weight excluding hydrogens is 196 g/mol. The van der Waals surface area contributed by atoms with Crippen LogP contribution >= 0.6 is 12.9 Å². The Balaban J connectivity index is 4.10. The monoisotopic (exact) mass is 198 g/mol. The lowest BCUT2D eigenvalue weighted by Crippen LogP contribution is -2.26. The molecule has 0 aromatic carbocycles. The average Bonchev–Trinajstić information content (AvgIpc) is 1.85. The van der Waals surface area contributed by atoms with Crippen molar-refractivity contribution in [1.82, 2.24) is 5.32 Å². The van der Waals surface area contributed by atoms with Crippen molar-refractivity contribution in [1.29, 1.82) is 0 Å². The predicted molar refractivity (Wildman–Crippen MR) is 35.3 cm³/mol. The molecule has 0 aliphatic carbocycles. The van der Waals surface area contributed by atoms with Gasteiger partial charge in [-0.1, -0.05) is 4.36 Å². The lowest BCUT2D eigenvalue weighted by atomic mass is 11.0. The number of nitrogens with zero attached hydrogens (tertiary/aromatic N) is 1. The first-order valence-corrected chi connectivity index (χ1v) is 3.43. The molecule has 0 aromatic rings. The van der Waals surface area contributed by atoms with E-state index in [0.29, 0.717) is 0 Å². The Labute approximate surface area is 68.0 Å². The molecule has 3 amide bonds. The van der Waals surface area contributed by atoms with Gasteiger partial charge in [0.2, 0.25) is 0 Å². The summed E-state index contributed by atoms with van der Waals surface area (Å²) in [6, 6.07) is -1.34. The van der Waals surface area contributed by atoms with Crippen molar-refractivity contribution < 1.29 is 22.2 Å². The number of amides is 3. The number of imide groups is 1. The van der Waals surface area contributed by atoms with Gasteiger partial charge in [-0.15, -0.1) is 0 Å². The van der Waals surface area contributed by atoms with Crippen LogP contribution in [0.25, 0.3) is 0 Å². The number of urea groups is 1. The fourth-order valence-corrected chi connectivity index (χ4v) is 0.427. The summed E-state index contributed by atoms with van der Waals surface area (Å²) < 4.78 is 25.4. The zero-order valence-electron chi connectivity index (χ0n) is 4.84. The quantitative estimate of drug-likeness (QED) is 0.412. The molecule has 9 heteroatoms. The van der Waals surface area contributed by atoms with Crippen molar-refractivity contribution in [3.63, 3.8) is 0 Å². The molecule has 0 saturated carbocycles. The fourth-order valence-electron chi connectivity index (χ4n) is 0.201. The average molecular weight is 198 g/mol. The van der Waals surface area contributed by atoms with E-state index in [1.54, 1.807) is 0 Å².